The van der Waals surface area contributed by atoms with Crippen LogP contribution < -0.4 is 4.90 Å². The van der Waals surface area contributed by atoms with Gasteiger partial charge in [-0.2, -0.15) is 0 Å². The molecule has 0 N–H and O–H groups in total. The number of benzene rings is 9. The van der Waals surface area contributed by atoms with E-state index in [1.165, 1.54) is 43.8 Å². The molecule has 0 bridgehead atoms. The van der Waals surface area contributed by atoms with Crippen molar-refractivity contribution in [3.63, 3.8) is 0 Å². The Morgan fingerprint density at radius 2 is 0.885 bits per heavy atom. The van der Waals surface area contributed by atoms with Gasteiger partial charge in [0.15, 0.2) is 0 Å². The van der Waals surface area contributed by atoms with Crippen LogP contribution in [0.4, 0.5) is 17.1 Å². The molecule has 10 rings (SSSR count). The highest BCUT2D eigenvalue weighted by molar-refractivity contribution is 6.11. The van der Waals surface area contributed by atoms with E-state index in [-0.39, 0.29) is 0 Å². The lowest BCUT2D eigenvalue weighted by molar-refractivity contribution is 0.669. The van der Waals surface area contributed by atoms with Gasteiger partial charge in [0.25, 0.3) is 0 Å². The van der Waals surface area contributed by atoms with E-state index in [4.69, 9.17) is 4.42 Å². The lowest BCUT2D eigenvalue weighted by Gasteiger charge is -2.29. The molecule has 244 valence electrons. The van der Waals surface area contributed by atoms with E-state index < -0.39 is 0 Å². The molecule has 0 aliphatic carbocycles. The number of anilines is 3. The Labute approximate surface area is 302 Å². The molecule has 2 heteroatoms. The van der Waals surface area contributed by atoms with Crippen molar-refractivity contribution in [3.8, 4) is 33.4 Å². The van der Waals surface area contributed by atoms with Gasteiger partial charge in [0.2, 0.25) is 0 Å². The van der Waals surface area contributed by atoms with E-state index in [1.54, 1.807) is 0 Å². The first-order chi connectivity index (χ1) is 25.8. The van der Waals surface area contributed by atoms with Crippen LogP contribution in [0.3, 0.4) is 0 Å². The topological polar surface area (TPSA) is 16.4 Å². The van der Waals surface area contributed by atoms with Gasteiger partial charge in [0, 0.05) is 27.7 Å². The fourth-order valence-electron chi connectivity index (χ4n) is 7.71. The lowest BCUT2D eigenvalue weighted by atomic mass is 9.96. The van der Waals surface area contributed by atoms with Crippen molar-refractivity contribution in [3.05, 3.63) is 200 Å². The van der Waals surface area contributed by atoms with Crippen LogP contribution in [0.5, 0.6) is 0 Å². The van der Waals surface area contributed by atoms with Crippen LogP contribution in [0.2, 0.25) is 0 Å². The third-order valence-corrected chi connectivity index (χ3v) is 10.2. The second-order valence-corrected chi connectivity index (χ2v) is 13.4. The number of para-hydroxylation sites is 1. The highest BCUT2D eigenvalue weighted by atomic mass is 16.3. The molecule has 0 fully saturated rings. The van der Waals surface area contributed by atoms with Gasteiger partial charge in [-0.1, -0.05) is 146 Å². The fraction of sp³-hybridized carbons (Fsp3) is 0. The summed E-state index contributed by atoms with van der Waals surface area (Å²) >= 11 is 0. The number of fused-ring (bicyclic) bond motifs is 5. The summed E-state index contributed by atoms with van der Waals surface area (Å²) in [5, 5.41) is 7.11. The molecule has 52 heavy (non-hydrogen) atoms. The Balaban J connectivity index is 1.17. The van der Waals surface area contributed by atoms with Crippen LogP contribution in [-0.2, 0) is 0 Å². The second-order valence-electron chi connectivity index (χ2n) is 13.4. The maximum atomic E-state index is 6.40. The first-order valence-electron chi connectivity index (χ1n) is 17.8. The number of hydrogen-bond donors (Lipinski definition) is 0. The first-order valence-corrected chi connectivity index (χ1v) is 17.8. The molecule has 1 aromatic heterocycles. The van der Waals surface area contributed by atoms with Gasteiger partial charge < -0.3 is 9.32 Å². The number of rotatable bonds is 6. The number of furan rings is 1. The predicted octanol–water partition coefficient (Wildman–Crippen LogP) is 14.4. The van der Waals surface area contributed by atoms with Crippen molar-refractivity contribution < 1.29 is 4.42 Å². The molecular formula is C50H33NO. The van der Waals surface area contributed by atoms with Crippen LogP contribution in [0.1, 0.15) is 0 Å². The van der Waals surface area contributed by atoms with Gasteiger partial charge >= 0.3 is 0 Å². The minimum absolute atomic E-state index is 0.891. The summed E-state index contributed by atoms with van der Waals surface area (Å²) in [4.78, 5) is 2.40. The van der Waals surface area contributed by atoms with Gasteiger partial charge in [-0.25, -0.2) is 0 Å². The maximum absolute atomic E-state index is 6.40. The smallest absolute Gasteiger partial charge is 0.136 e. The summed E-state index contributed by atoms with van der Waals surface area (Å²) < 4.78 is 6.40. The van der Waals surface area contributed by atoms with Crippen molar-refractivity contribution in [1.82, 2.24) is 0 Å². The maximum Gasteiger partial charge on any atom is 0.136 e. The van der Waals surface area contributed by atoms with Gasteiger partial charge in [0.1, 0.15) is 11.2 Å². The summed E-state index contributed by atoms with van der Waals surface area (Å²) in [6, 6.07) is 71.8. The van der Waals surface area contributed by atoms with Crippen molar-refractivity contribution in [1.29, 1.82) is 0 Å². The van der Waals surface area contributed by atoms with E-state index in [2.05, 4.69) is 205 Å². The summed E-state index contributed by atoms with van der Waals surface area (Å²) in [6.45, 7) is 0. The standard InChI is InChI=1S/C50H33NO/c1-2-13-34(14-3-1)36-19-10-21-41(29-36)51(42-22-11-20-39(30-42)44-25-12-18-35-15-6-7-23-43(35)44)48-26-9-8-24-45(48)40-27-28-49-46(32-40)47-31-37-16-4-5-17-38(37)33-50(47)52-49/h1-33H. The molecule has 0 saturated carbocycles. The zero-order valence-electron chi connectivity index (χ0n) is 28.4. The molecule has 0 radical (unpaired) electrons. The van der Waals surface area contributed by atoms with Gasteiger partial charge in [-0.3, -0.25) is 0 Å². The largest absolute Gasteiger partial charge is 0.456 e. The SMILES string of the molecule is c1ccc(-c2cccc(N(c3cccc(-c4cccc5ccccc45)c3)c3ccccc3-c3ccc4oc5cc6ccccc6cc5c4c3)c2)cc1. The van der Waals surface area contributed by atoms with Gasteiger partial charge in [-0.15, -0.1) is 0 Å². The summed E-state index contributed by atoms with van der Waals surface area (Å²) in [6.07, 6.45) is 0. The third-order valence-electron chi connectivity index (χ3n) is 10.2. The Morgan fingerprint density at radius 3 is 1.73 bits per heavy atom. The van der Waals surface area contributed by atoms with E-state index in [0.29, 0.717) is 0 Å². The molecule has 0 atom stereocenters. The second kappa shape index (κ2) is 12.5. The van der Waals surface area contributed by atoms with Crippen LogP contribution in [0.25, 0.3) is 76.9 Å². The summed E-state index contributed by atoms with van der Waals surface area (Å²) in [7, 11) is 0. The molecule has 10 aromatic rings. The van der Waals surface area contributed by atoms with E-state index >= 15 is 0 Å². The molecule has 0 aliphatic rings. The normalized spacial score (nSPS) is 11.5. The Hall–Kier alpha value is -6.90. The van der Waals surface area contributed by atoms with Crippen molar-refractivity contribution in [2.45, 2.75) is 0 Å². The third kappa shape index (κ3) is 5.21. The molecule has 1 heterocycles. The van der Waals surface area contributed by atoms with Crippen molar-refractivity contribution >= 4 is 60.5 Å². The molecule has 0 unspecified atom stereocenters. The Bertz CT molecular complexity index is 2910. The number of nitrogens with zero attached hydrogens (tertiary/aromatic N) is 1. The molecule has 0 aliphatic heterocycles. The quantitative estimate of drug-likeness (QED) is 0.176. The molecular weight excluding hydrogens is 631 g/mol. The van der Waals surface area contributed by atoms with E-state index in [1.807, 2.05) is 0 Å². The average molecular weight is 664 g/mol. The minimum Gasteiger partial charge on any atom is -0.456 e. The highest BCUT2D eigenvalue weighted by Gasteiger charge is 2.20. The van der Waals surface area contributed by atoms with Crippen LogP contribution in [0.15, 0.2) is 205 Å². The first kappa shape index (κ1) is 30.0. The van der Waals surface area contributed by atoms with E-state index in [0.717, 1.165) is 50.1 Å². The predicted molar refractivity (Wildman–Crippen MR) is 220 cm³/mol. The molecule has 9 aromatic carbocycles. The number of hydrogen-bond acceptors (Lipinski definition) is 2. The fourth-order valence-corrected chi connectivity index (χ4v) is 7.71. The van der Waals surface area contributed by atoms with Crippen molar-refractivity contribution in [2.75, 3.05) is 4.90 Å². The Kier molecular flexibility index (Phi) is 7.18. The summed E-state index contributed by atoms with van der Waals surface area (Å²) in [5.41, 5.74) is 12.1. The summed E-state index contributed by atoms with van der Waals surface area (Å²) in [5.74, 6) is 0. The zero-order valence-corrected chi connectivity index (χ0v) is 28.4. The van der Waals surface area contributed by atoms with Crippen molar-refractivity contribution in [2.24, 2.45) is 0 Å². The monoisotopic (exact) mass is 663 g/mol. The van der Waals surface area contributed by atoms with Gasteiger partial charge in [-0.05, 0) is 104 Å². The average Bonchev–Trinajstić information content (AvgIpc) is 3.57. The van der Waals surface area contributed by atoms with Crippen LogP contribution in [0, 0.1) is 0 Å². The Morgan fingerprint density at radius 1 is 0.308 bits per heavy atom. The molecule has 2 nitrogen and oxygen atoms in total. The lowest BCUT2D eigenvalue weighted by Crippen LogP contribution is -2.11. The molecule has 0 spiro atoms. The van der Waals surface area contributed by atoms with E-state index in [9.17, 15) is 0 Å². The van der Waals surface area contributed by atoms with Crippen LogP contribution in [-0.4, -0.2) is 0 Å². The zero-order chi connectivity index (χ0) is 34.4. The van der Waals surface area contributed by atoms with Crippen LogP contribution >= 0.6 is 0 Å². The van der Waals surface area contributed by atoms with Gasteiger partial charge in [0.05, 0.1) is 5.69 Å². The highest BCUT2D eigenvalue weighted by Crippen LogP contribution is 2.44. The minimum atomic E-state index is 0.891. The molecule has 0 amide bonds. The molecule has 0 saturated heterocycles.